The van der Waals surface area contributed by atoms with Crippen molar-refractivity contribution in [1.82, 2.24) is 9.55 Å². The van der Waals surface area contributed by atoms with E-state index in [4.69, 9.17) is 9.72 Å². The second-order valence-corrected chi connectivity index (χ2v) is 13.5. The van der Waals surface area contributed by atoms with Crippen molar-refractivity contribution < 1.29 is 26.7 Å². The normalized spacial score (nSPS) is 12.0. The van der Waals surface area contributed by atoms with Gasteiger partial charge in [-0.3, -0.25) is 0 Å². The fourth-order valence-corrected chi connectivity index (χ4v) is 7.98. The monoisotopic (exact) mass is 678 g/mol. The zero-order chi connectivity index (χ0) is 34.2. The van der Waals surface area contributed by atoms with Crippen LogP contribution in [-0.4, -0.2) is 23.3 Å². The smallest absolute Gasteiger partial charge is 0.200 e. The summed E-state index contributed by atoms with van der Waals surface area (Å²) in [5.41, 5.74) is 1.99. The number of halogens is 5. The molecule has 49 heavy (non-hydrogen) atoms. The summed E-state index contributed by atoms with van der Waals surface area (Å²) in [6.45, 7) is 1.41. The van der Waals surface area contributed by atoms with Crippen molar-refractivity contribution in [3.05, 3.63) is 156 Å². The van der Waals surface area contributed by atoms with Gasteiger partial charge in [-0.2, -0.15) is 0 Å². The quantitative estimate of drug-likeness (QED) is 0.0693. The van der Waals surface area contributed by atoms with Gasteiger partial charge in [0.05, 0.1) is 25.0 Å². The van der Waals surface area contributed by atoms with Crippen LogP contribution in [0.4, 0.5) is 22.0 Å². The van der Waals surface area contributed by atoms with Crippen molar-refractivity contribution in [3.63, 3.8) is 0 Å². The maximum absolute atomic E-state index is 15.5. The Morgan fingerprint density at radius 2 is 1.14 bits per heavy atom. The summed E-state index contributed by atoms with van der Waals surface area (Å²) in [6, 6.07) is 37.9. The summed E-state index contributed by atoms with van der Waals surface area (Å²) < 4.78 is 82.0. The molecule has 0 aliphatic heterocycles. The molecule has 244 valence electrons. The second kappa shape index (κ2) is 13.3. The minimum absolute atomic E-state index is 0.306. The average Bonchev–Trinajstić information content (AvgIpc) is 3.53. The van der Waals surface area contributed by atoms with Crippen LogP contribution in [0.25, 0.3) is 44.7 Å². The number of benzene rings is 6. The first kappa shape index (κ1) is 32.2. The Labute approximate surface area is 281 Å². The third kappa shape index (κ3) is 5.66. The molecule has 0 saturated carbocycles. The molecule has 1 unspecified atom stereocenters. The van der Waals surface area contributed by atoms with Gasteiger partial charge < -0.3 is 9.30 Å². The number of imidazole rings is 1. The molecule has 6 aromatic carbocycles. The molecule has 0 fully saturated rings. The van der Waals surface area contributed by atoms with Gasteiger partial charge in [0.25, 0.3) is 0 Å². The molecule has 1 aromatic heterocycles. The van der Waals surface area contributed by atoms with Crippen LogP contribution in [-0.2, 0) is 6.54 Å². The molecule has 0 radical (unpaired) electrons. The molecule has 0 saturated heterocycles. The van der Waals surface area contributed by atoms with Gasteiger partial charge in [0.1, 0.15) is 11.6 Å². The van der Waals surface area contributed by atoms with Gasteiger partial charge in [-0.15, -0.1) is 0 Å². The number of nitrogens with zero attached hydrogens (tertiary/aromatic N) is 2. The van der Waals surface area contributed by atoms with Gasteiger partial charge in [0.2, 0.25) is 5.82 Å². The maximum atomic E-state index is 15.5. The van der Waals surface area contributed by atoms with Crippen molar-refractivity contribution in [2.45, 2.75) is 6.54 Å². The van der Waals surface area contributed by atoms with Crippen LogP contribution >= 0.6 is 7.92 Å². The lowest BCUT2D eigenvalue weighted by atomic mass is 10.0. The van der Waals surface area contributed by atoms with E-state index < -0.39 is 49.1 Å². The lowest BCUT2D eigenvalue weighted by Crippen LogP contribution is -2.18. The highest BCUT2D eigenvalue weighted by Gasteiger charge is 2.31. The minimum Gasteiger partial charge on any atom is -0.496 e. The van der Waals surface area contributed by atoms with E-state index in [1.807, 2.05) is 121 Å². The van der Waals surface area contributed by atoms with E-state index in [2.05, 4.69) is 6.66 Å². The SMILES string of the molecule is COc1cc(P(C)c2ccccc2)c(-c2nc(-c3ccccc3)c(-c3ccccc3)n2Cc2c(F)c(F)c(F)c(F)c2F)c2ccccc12. The Kier molecular flexibility index (Phi) is 8.74. The molecule has 9 heteroatoms. The van der Waals surface area contributed by atoms with Gasteiger partial charge in [0.15, 0.2) is 23.3 Å². The predicted octanol–water partition coefficient (Wildman–Crippen LogP) is 9.85. The summed E-state index contributed by atoms with van der Waals surface area (Å²) in [5, 5.41) is 3.44. The maximum Gasteiger partial charge on any atom is 0.200 e. The van der Waals surface area contributed by atoms with Crippen LogP contribution in [0.15, 0.2) is 121 Å². The molecule has 0 aliphatic rings. The van der Waals surface area contributed by atoms with Crippen LogP contribution < -0.4 is 15.3 Å². The summed E-state index contributed by atoms with van der Waals surface area (Å²) in [4.78, 5) is 5.21. The lowest BCUT2D eigenvalue weighted by molar-refractivity contribution is 0.368. The largest absolute Gasteiger partial charge is 0.496 e. The molecule has 0 aliphatic carbocycles. The number of aromatic nitrogens is 2. The van der Waals surface area contributed by atoms with E-state index >= 15 is 8.78 Å². The van der Waals surface area contributed by atoms with Gasteiger partial charge in [-0.05, 0) is 36.6 Å². The minimum atomic E-state index is -2.21. The summed E-state index contributed by atoms with van der Waals surface area (Å²) in [7, 11) is 0.525. The van der Waals surface area contributed by atoms with Crippen LogP contribution in [0.3, 0.4) is 0 Å². The molecule has 7 rings (SSSR count). The summed E-state index contributed by atoms with van der Waals surface area (Å²) in [5.74, 6) is -9.06. The van der Waals surface area contributed by atoms with Gasteiger partial charge in [0, 0.05) is 27.6 Å². The Bertz CT molecular complexity index is 2280. The molecule has 0 amide bonds. The molecular weight excluding hydrogens is 650 g/mol. The zero-order valence-corrected chi connectivity index (χ0v) is 27.3. The van der Waals surface area contributed by atoms with Crippen molar-refractivity contribution in [2.24, 2.45) is 0 Å². The molecule has 1 atom stereocenters. The van der Waals surface area contributed by atoms with Gasteiger partial charge in [-0.25, -0.2) is 26.9 Å². The van der Waals surface area contributed by atoms with Crippen molar-refractivity contribution in [3.8, 4) is 39.7 Å². The van der Waals surface area contributed by atoms with E-state index in [0.717, 1.165) is 21.4 Å². The first-order valence-electron chi connectivity index (χ1n) is 15.4. The Morgan fingerprint density at radius 1 is 0.633 bits per heavy atom. The predicted molar refractivity (Wildman–Crippen MR) is 186 cm³/mol. The Balaban J connectivity index is 1.64. The van der Waals surface area contributed by atoms with Crippen molar-refractivity contribution in [1.29, 1.82) is 0 Å². The molecule has 7 aromatic rings. The first-order valence-corrected chi connectivity index (χ1v) is 17.2. The number of methoxy groups -OCH3 is 1. The third-order valence-electron chi connectivity index (χ3n) is 8.61. The molecule has 1 heterocycles. The van der Waals surface area contributed by atoms with Gasteiger partial charge >= 0.3 is 0 Å². The van der Waals surface area contributed by atoms with Crippen LogP contribution in [0.1, 0.15) is 5.56 Å². The van der Waals surface area contributed by atoms with Crippen molar-refractivity contribution >= 4 is 29.3 Å². The number of hydrogen-bond donors (Lipinski definition) is 0. The molecule has 0 spiro atoms. The standard InChI is InChI=1S/C40H28F5N2OP/c1-48-30-22-31(49(2)26-18-10-5-11-19-26)32(28-21-13-12-20-27(28)30)40-46-38(24-14-6-3-7-15-24)39(25-16-8-4-9-17-25)47(40)23-29-33(41)35(43)37(45)36(44)34(29)42/h3-22H,23H2,1-2H3. The highest BCUT2D eigenvalue weighted by molar-refractivity contribution is 7.72. The summed E-state index contributed by atoms with van der Waals surface area (Å²) in [6.07, 6.45) is 0. The Hall–Kier alpha value is -5.33. The third-order valence-corrected chi connectivity index (χ3v) is 10.8. The number of ether oxygens (including phenoxy) is 1. The van der Waals surface area contributed by atoms with E-state index in [1.54, 1.807) is 11.7 Å². The molecule has 3 nitrogen and oxygen atoms in total. The highest BCUT2D eigenvalue weighted by atomic mass is 31.1. The molecule has 0 N–H and O–H groups in total. The average molecular weight is 679 g/mol. The van der Waals surface area contributed by atoms with E-state index in [1.165, 1.54) is 0 Å². The van der Waals surface area contributed by atoms with E-state index in [0.29, 0.717) is 39.7 Å². The Morgan fingerprint density at radius 3 is 1.73 bits per heavy atom. The van der Waals surface area contributed by atoms with Crippen LogP contribution in [0, 0.1) is 29.1 Å². The lowest BCUT2D eigenvalue weighted by Gasteiger charge is -2.22. The second-order valence-electron chi connectivity index (χ2n) is 11.4. The van der Waals surface area contributed by atoms with E-state index in [-0.39, 0.29) is 0 Å². The molecular formula is C40H28F5N2OP. The van der Waals surface area contributed by atoms with E-state index in [9.17, 15) is 13.2 Å². The fraction of sp³-hybridized carbons (Fsp3) is 0.0750. The van der Waals surface area contributed by atoms with Gasteiger partial charge in [-0.1, -0.05) is 115 Å². The summed E-state index contributed by atoms with van der Waals surface area (Å²) >= 11 is 0. The number of rotatable bonds is 8. The van der Waals surface area contributed by atoms with Crippen molar-refractivity contribution in [2.75, 3.05) is 13.8 Å². The first-order chi connectivity index (χ1) is 23.8. The highest BCUT2D eigenvalue weighted by Crippen LogP contribution is 2.44. The fourth-order valence-electron chi connectivity index (χ4n) is 6.22. The topological polar surface area (TPSA) is 27.1 Å². The number of fused-ring (bicyclic) bond motifs is 1. The zero-order valence-electron chi connectivity index (χ0n) is 26.4. The van der Waals surface area contributed by atoms with Crippen LogP contribution in [0.5, 0.6) is 5.75 Å². The van der Waals surface area contributed by atoms with Crippen LogP contribution in [0.2, 0.25) is 0 Å². The number of hydrogen-bond acceptors (Lipinski definition) is 2. The molecule has 0 bridgehead atoms.